The summed E-state index contributed by atoms with van der Waals surface area (Å²) in [7, 11) is 0. The van der Waals surface area contributed by atoms with Crippen LogP contribution in [-0.4, -0.2) is 54.4 Å². The molecule has 1 saturated heterocycles. The molecule has 1 aliphatic rings. The van der Waals surface area contributed by atoms with E-state index in [-0.39, 0.29) is 12.0 Å². The Balaban J connectivity index is 1.45. The fourth-order valence-electron chi connectivity index (χ4n) is 4.51. The van der Waals surface area contributed by atoms with Crippen molar-refractivity contribution >= 4 is 33.8 Å². The third kappa shape index (κ3) is 4.22. The molecule has 172 valence electrons. The number of carbonyl (C=O) groups excluding carboxylic acids is 1. The number of ether oxygens (including phenoxy) is 1. The van der Waals surface area contributed by atoms with Gasteiger partial charge in [0.1, 0.15) is 23.4 Å². The molecule has 1 unspecified atom stereocenters. The van der Waals surface area contributed by atoms with Gasteiger partial charge >= 0.3 is 6.09 Å². The van der Waals surface area contributed by atoms with E-state index in [1.165, 1.54) is 6.33 Å². The Morgan fingerprint density at radius 1 is 1.27 bits per heavy atom. The number of likely N-dealkylation sites (tertiary alicyclic amines) is 1. The minimum atomic E-state index is -0.508. The van der Waals surface area contributed by atoms with Crippen LogP contribution in [0.2, 0.25) is 0 Å². The lowest BCUT2D eigenvalue weighted by atomic mass is 9.98. The number of piperidine rings is 1. The van der Waals surface area contributed by atoms with Gasteiger partial charge in [0.15, 0.2) is 5.65 Å². The zero-order chi connectivity index (χ0) is 23.2. The van der Waals surface area contributed by atoms with Crippen LogP contribution < -0.4 is 5.73 Å². The van der Waals surface area contributed by atoms with Crippen molar-refractivity contribution in [3.63, 3.8) is 0 Å². The molecule has 3 N–H and O–H groups in total. The lowest BCUT2D eigenvalue weighted by Gasteiger charge is -2.34. The number of carbonyl (C=O) groups is 1. The van der Waals surface area contributed by atoms with Gasteiger partial charge in [-0.3, -0.25) is 0 Å². The summed E-state index contributed by atoms with van der Waals surface area (Å²) in [5.74, 6) is 0.653. The number of nitrogens with two attached hydrogens (primary N) is 1. The van der Waals surface area contributed by atoms with Gasteiger partial charge in [0.05, 0.1) is 5.39 Å². The second-order valence-corrected chi connectivity index (χ2v) is 9.70. The predicted octanol–water partition coefficient (Wildman–Crippen LogP) is 4.20. The minimum Gasteiger partial charge on any atom is -0.444 e. The number of benzene rings is 1. The van der Waals surface area contributed by atoms with Crippen LogP contribution in [0.3, 0.4) is 0 Å². The average Bonchev–Trinajstić information content (AvgIpc) is 3.38. The van der Waals surface area contributed by atoms with Crippen molar-refractivity contribution in [2.75, 3.05) is 18.8 Å². The Morgan fingerprint density at radius 2 is 2.12 bits per heavy atom. The van der Waals surface area contributed by atoms with Crippen molar-refractivity contribution in [2.45, 2.75) is 45.8 Å². The Morgan fingerprint density at radius 3 is 2.94 bits per heavy atom. The first-order valence-electron chi connectivity index (χ1n) is 11.3. The number of aromatic nitrogens is 5. The third-order valence-corrected chi connectivity index (χ3v) is 5.99. The smallest absolute Gasteiger partial charge is 0.410 e. The highest BCUT2D eigenvalue weighted by Crippen LogP contribution is 2.32. The molecule has 1 aliphatic heterocycles. The molecule has 4 aromatic rings. The van der Waals surface area contributed by atoms with E-state index in [4.69, 9.17) is 15.6 Å². The number of aromatic amines is 1. The van der Waals surface area contributed by atoms with E-state index in [1.807, 2.05) is 49.8 Å². The van der Waals surface area contributed by atoms with Gasteiger partial charge in [0, 0.05) is 42.3 Å². The largest absolute Gasteiger partial charge is 0.444 e. The normalized spacial score (nSPS) is 17.1. The molecular weight excluding hydrogens is 418 g/mol. The topological polar surface area (TPSA) is 115 Å². The van der Waals surface area contributed by atoms with E-state index < -0.39 is 5.60 Å². The Bertz CT molecular complexity index is 1320. The van der Waals surface area contributed by atoms with Crippen molar-refractivity contribution in [2.24, 2.45) is 5.92 Å². The quantitative estimate of drug-likeness (QED) is 0.486. The lowest BCUT2D eigenvalue weighted by molar-refractivity contribution is 0.0156. The standard InChI is InChI=1S/C24H29N7O2/c1-24(2,3)33-23(32)30-10-4-5-15(12-30)13-31-22-19(21(25)27-14-28-22)20(29-31)17-6-7-18-16(11-17)8-9-26-18/h6-9,11,14-15,26H,4-5,10,12-13H2,1-3H3,(H2,25,27,28). The van der Waals surface area contributed by atoms with Crippen molar-refractivity contribution in [3.8, 4) is 11.3 Å². The van der Waals surface area contributed by atoms with Gasteiger partial charge in [-0.2, -0.15) is 5.10 Å². The number of hydrogen-bond acceptors (Lipinski definition) is 6. The number of anilines is 1. The molecule has 1 amide bonds. The molecule has 0 radical (unpaired) electrons. The fourth-order valence-corrected chi connectivity index (χ4v) is 4.51. The number of fused-ring (bicyclic) bond motifs is 2. The van der Waals surface area contributed by atoms with Gasteiger partial charge in [-0.25, -0.2) is 19.4 Å². The molecule has 0 aliphatic carbocycles. The van der Waals surface area contributed by atoms with E-state index in [9.17, 15) is 4.79 Å². The summed E-state index contributed by atoms with van der Waals surface area (Å²) in [4.78, 5) is 26.3. The van der Waals surface area contributed by atoms with Crippen LogP contribution in [0, 0.1) is 5.92 Å². The van der Waals surface area contributed by atoms with E-state index in [2.05, 4.69) is 21.0 Å². The van der Waals surface area contributed by atoms with Crippen molar-refractivity contribution < 1.29 is 9.53 Å². The summed E-state index contributed by atoms with van der Waals surface area (Å²) in [5, 5.41) is 6.78. The Kier molecular flexibility index (Phi) is 5.19. The highest BCUT2D eigenvalue weighted by atomic mass is 16.6. The van der Waals surface area contributed by atoms with Crippen molar-refractivity contribution in [3.05, 3.63) is 36.8 Å². The fraction of sp³-hybridized carbons (Fsp3) is 0.417. The second kappa shape index (κ2) is 8.06. The van der Waals surface area contributed by atoms with Crippen LogP contribution >= 0.6 is 0 Å². The van der Waals surface area contributed by atoms with E-state index >= 15 is 0 Å². The number of nitrogens with zero attached hydrogens (tertiary/aromatic N) is 5. The van der Waals surface area contributed by atoms with E-state index in [0.29, 0.717) is 31.1 Å². The van der Waals surface area contributed by atoms with Crippen LogP contribution in [0.4, 0.5) is 10.6 Å². The third-order valence-electron chi connectivity index (χ3n) is 5.99. The van der Waals surface area contributed by atoms with Gasteiger partial charge in [-0.15, -0.1) is 0 Å². The number of nitrogen functional groups attached to an aromatic ring is 1. The highest BCUT2D eigenvalue weighted by Gasteiger charge is 2.29. The molecule has 1 atom stereocenters. The predicted molar refractivity (Wildman–Crippen MR) is 128 cm³/mol. The maximum Gasteiger partial charge on any atom is 0.410 e. The second-order valence-electron chi connectivity index (χ2n) is 9.70. The first-order chi connectivity index (χ1) is 15.8. The van der Waals surface area contributed by atoms with E-state index in [0.717, 1.165) is 40.4 Å². The van der Waals surface area contributed by atoms with E-state index in [1.54, 1.807) is 4.90 Å². The summed E-state index contributed by atoms with van der Waals surface area (Å²) < 4.78 is 7.49. The Hall–Kier alpha value is -3.62. The van der Waals surface area contributed by atoms with Gasteiger partial charge in [0.25, 0.3) is 0 Å². The zero-order valence-electron chi connectivity index (χ0n) is 19.2. The Labute approximate surface area is 191 Å². The van der Waals surface area contributed by atoms with Crippen LogP contribution in [0.5, 0.6) is 0 Å². The molecule has 5 rings (SSSR count). The first-order valence-corrected chi connectivity index (χ1v) is 11.3. The number of rotatable bonds is 3. The summed E-state index contributed by atoms with van der Waals surface area (Å²) in [5.41, 5.74) is 9.28. The summed E-state index contributed by atoms with van der Waals surface area (Å²) in [6.45, 7) is 7.64. The van der Waals surface area contributed by atoms with Gasteiger partial charge in [-0.05, 0) is 57.7 Å². The maximum atomic E-state index is 12.6. The minimum absolute atomic E-state index is 0.241. The molecule has 0 saturated carbocycles. The number of H-pyrrole nitrogens is 1. The number of nitrogens with one attached hydrogen (secondary N) is 1. The monoisotopic (exact) mass is 447 g/mol. The molecule has 4 heterocycles. The van der Waals surface area contributed by atoms with Crippen LogP contribution in [0.15, 0.2) is 36.8 Å². The first kappa shape index (κ1) is 21.2. The number of hydrogen-bond donors (Lipinski definition) is 2. The summed E-state index contributed by atoms with van der Waals surface area (Å²) in [6, 6.07) is 8.19. The molecule has 9 nitrogen and oxygen atoms in total. The van der Waals surface area contributed by atoms with Crippen LogP contribution in [0.1, 0.15) is 33.6 Å². The van der Waals surface area contributed by atoms with Crippen molar-refractivity contribution in [1.29, 1.82) is 0 Å². The SMILES string of the molecule is CC(C)(C)OC(=O)N1CCCC(Cn2nc(-c3ccc4[nH]ccc4c3)c3c(N)ncnc32)C1. The van der Waals surface area contributed by atoms with Crippen molar-refractivity contribution in [1.82, 2.24) is 29.6 Å². The molecule has 0 bridgehead atoms. The molecule has 1 aromatic carbocycles. The molecule has 1 fully saturated rings. The average molecular weight is 448 g/mol. The van der Waals surface area contributed by atoms with Crippen LogP contribution in [-0.2, 0) is 11.3 Å². The van der Waals surface area contributed by atoms with Gasteiger partial charge in [0.2, 0.25) is 0 Å². The lowest BCUT2D eigenvalue weighted by Crippen LogP contribution is -2.43. The zero-order valence-corrected chi connectivity index (χ0v) is 19.2. The molecule has 3 aromatic heterocycles. The molecule has 9 heteroatoms. The maximum absolute atomic E-state index is 12.6. The van der Waals surface area contributed by atoms with Gasteiger partial charge < -0.3 is 20.4 Å². The summed E-state index contributed by atoms with van der Waals surface area (Å²) in [6.07, 6.45) is 5.07. The van der Waals surface area contributed by atoms with Crippen LogP contribution in [0.25, 0.3) is 33.2 Å². The molecular formula is C24H29N7O2. The molecule has 33 heavy (non-hydrogen) atoms. The summed E-state index contributed by atoms with van der Waals surface area (Å²) >= 11 is 0. The number of amides is 1. The molecule has 0 spiro atoms. The highest BCUT2D eigenvalue weighted by molar-refractivity contribution is 5.99. The van der Waals surface area contributed by atoms with Gasteiger partial charge in [-0.1, -0.05) is 6.07 Å².